The molecular formula is C18H21ClIN3O. The average Bonchev–Trinajstić information content (AvgIpc) is 2.97. The van der Waals surface area contributed by atoms with Gasteiger partial charge in [-0.25, -0.2) is 4.99 Å². The Bertz CT molecular complexity index is 777. The molecule has 3 rings (SSSR count). The lowest BCUT2D eigenvalue weighted by molar-refractivity contribution is 0.353. The third-order valence-corrected chi connectivity index (χ3v) is 4.24. The highest BCUT2D eigenvalue weighted by molar-refractivity contribution is 14.0. The fraction of sp³-hybridized carbons (Fsp3) is 0.278. The molecule has 1 aliphatic heterocycles. The predicted octanol–water partition coefficient (Wildman–Crippen LogP) is 4.44. The van der Waals surface area contributed by atoms with Gasteiger partial charge in [0.25, 0.3) is 0 Å². The normalized spacial score (nSPS) is 13.0. The molecule has 0 spiro atoms. The maximum absolute atomic E-state index is 6.15. The van der Waals surface area contributed by atoms with Crippen LogP contribution >= 0.6 is 35.6 Å². The molecule has 4 nitrogen and oxygen atoms in total. The van der Waals surface area contributed by atoms with Crippen molar-refractivity contribution in [2.24, 2.45) is 10.7 Å². The first kappa shape index (κ1) is 18.9. The molecule has 0 amide bonds. The largest absolute Gasteiger partial charge is 0.493 e. The summed E-state index contributed by atoms with van der Waals surface area (Å²) in [6.45, 7) is 5.28. The third kappa shape index (κ3) is 4.33. The lowest BCUT2D eigenvalue weighted by atomic mass is 10.1. The van der Waals surface area contributed by atoms with Crippen LogP contribution in [0.2, 0.25) is 5.02 Å². The zero-order valence-corrected chi connectivity index (χ0v) is 16.8. The minimum Gasteiger partial charge on any atom is -0.493 e. The molecule has 24 heavy (non-hydrogen) atoms. The summed E-state index contributed by atoms with van der Waals surface area (Å²) in [5.74, 6) is 1.28. The zero-order valence-electron chi connectivity index (χ0n) is 13.7. The highest BCUT2D eigenvalue weighted by Crippen LogP contribution is 2.33. The summed E-state index contributed by atoms with van der Waals surface area (Å²) >= 11 is 6.15. The second-order valence-corrected chi connectivity index (χ2v) is 6.21. The van der Waals surface area contributed by atoms with Crippen LogP contribution in [-0.4, -0.2) is 12.6 Å². The number of hydrogen-bond acceptors (Lipinski definition) is 2. The lowest BCUT2D eigenvalue weighted by Crippen LogP contribution is -2.22. The fourth-order valence-corrected chi connectivity index (χ4v) is 2.90. The number of aryl methyl sites for hydroxylation is 2. The number of nitrogens with one attached hydrogen (secondary N) is 1. The monoisotopic (exact) mass is 457 g/mol. The highest BCUT2D eigenvalue weighted by Gasteiger charge is 2.17. The summed E-state index contributed by atoms with van der Waals surface area (Å²) in [6, 6.07) is 9.94. The van der Waals surface area contributed by atoms with E-state index in [0.29, 0.717) is 24.1 Å². The van der Waals surface area contributed by atoms with E-state index in [1.165, 1.54) is 11.1 Å². The standard InChI is InChI=1S/C18H20ClN3O.HI/c1-11-3-4-16(7-12(11)2)22-18(20)21-10-14-9-15(19)8-13-5-6-23-17(13)14;/h3-4,7-9H,5-6,10H2,1-2H3,(H3,20,21,22);1H. The number of fused-ring (bicyclic) bond motifs is 1. The van der Waals surface area contributed by atoms with Crippen LogP contribution in [0.4, 0.5) is 5.69 Å². The Morgan fingerprint density at radius 3 is 2.79 bits per heavy atom. The molecule has 0 saturated heterocycles. The van der Waals surface area contributed by atoms with Crippen molar-refractivity contribution in [3.05, 3.63) is 57.6 Å². The maximum Gasteiger partial charge on any atom is 0.193 e. The molecule has 0 atom stereocenters. The number of ether oxygens (including phenoxy) is 1. The van der Waals surface area contributed by atoms with E-state index in [-0.39, 0.29) is 24.0 Å². The van der Waals surface area contributed by atoms with E-state index in [1.807, 2.05) is 18.2 Å². The van der Waals surface area contributed by atoms with Gasteiger partial charge >= 0.3 is 0 Å². The van der Waals surface area contributed by atoms with Gasteiger partial charge in [-0.2, -0.15) is 0 Å². The lowest BCUT2D eigenvalue weighted by Gasteiger charge is -2.10. The summed E-state index contributed by atoms with van der Waals surface area (Å²) in [5.41, 5.74) is 11.5. The molecule has 0 radical (unpaired) electrons. The molecule has 0 unspecified atom stereocenters. The van der Waals surface area contributed by atoms with Gasteiger partial charge in [0.1, 0.15) is 5.75 Å². The summed E-state index contributed by atoms with van der Waals surface area (Å²) in [6.07, 6.45) is 0.892. The molecule has 1 aliphatic rings. The number of nitrogens with zero attached hydrogens (tertiary/aromatic N) is 1. The van der Waals surface area contributed by atoms with Crippen molar-refractivity contribution in [1.82, 2.24) is 0 Å². The van der Waals surface area contributed by atoms with Crippen molar-refractivity contribution in [1.29, 1.82) is 0 Å². The highest BCUT2D eigenvalue weighted by atomic mass is 127. The smallest absolute Gasteiger partial charge is 0.193 e. The molecule has 2 aromatic rings. The number of guanidine groups is 1. The number of benzene rings is 2. The molecule has 2 aromatic carbocycles. The molecule has 0 saturated carbocycles. The SMILES string of the molecule is Cc1ccc(NC(N)=NCc2cc(Cl)cc3c2OCC3)cc1C.I. The summed E-state index contributed by atoms with van der Waals surface area (Å²) in [4.78, 5) is 4.41. The van der Waals surface area contributed by atoms with E-state index in [1.54, 1.807) is 0 Å². The molecule has 128 valence electrons. The molecule has 1 heterocycles. The Morgan fingerprint density at radius 2 is 2.04 bits per heavy atom. The van der Waals surface area contributed by atoms with E-state index in [2.05, 4.69) is 36.3 Å². The first-order valence-electron chi connectivity index (χ1n) is 7.61. The molecule has 3 N–H and O–H groups in total. The van der Waals surface area contributed by atoms with Crippen LogP contribution in [0.3, 0.4) is 0 Å². The average molecular weight is 458 g/mol. The van der Waals surface area contributed by atoms with Gasteiger partial charge in [0.2, 0.25) is 0 Å². The van der Waals surface area contributed by atoms with Crippen LogP contribution < -0.4 is 15.8 Å². The Morgan fingerprint density at radius 1 is 1.25 bits per heavy atom. The first-order chi connectivity index (χ1) is 11.0. The topological polar surface area (TPSA) is 59.6 Å². The van der Waals surface area contributed by atoms with Gasteiger partial charge in [0.05, 0.1) is 13.2 Å². The molecular weight excluding hydrogens is 437 g/mol. The Kier molecular flexibility index (Phi) is 6.34. The second kappa shape index (κ2) is 8.07. The molecule has 0 bridgehead atoms. The van der Waals surface area contributed by atoms with Crippen molar-refractivity contribution in [3.63, 3.8) is 0 Å². The van der Waals surface area contributed by atoms with E-state index < -0.39 is 0 Å². The van der Waals surface area contributed by atoms with Gasteiger partial charge in [0, 0.05) is 22.7 Å². The predicted molar refractivity (Wildman–Crippen MR) is 111 cm³/mol. The maximum atomic E-state index is 6.15. The Balaban J connectivity index is 0.00000208. The van der Waals surface area contributed by atoms with Gasteiger partial charge in [-0.3, -0.25) is 0 Å². The summed E-state index contributed by atoms with van der Waals surface area (Å²) in [7, 11) is 0. The molecule has 6 heteroatoms. The minimum absolute atomic E-state index is 0. The van der Waals surface area contributed by atoms with Gasteiger partial charge in [-0.15, -0.1) is 24.0 Å². The summed E-state index contributed by atoms with van der Waals surface area (Å²) in [5, 5.41) is 3.82. The van der Waals surface area contributed by atoms with Gasteiger partial charge in [-0.05, 0) is 54.8 Å². The Labute approximate surface area is 164 Å². The molecule has 0 fully saturated rings. The number of rotatable bonds is 3. The number of nitrogens with two attached hydrogens (primary N) is 1. The van der Waals surface area contributed by atoms with Crippen molar-refractivity contribution >= 4 is 47.2 Å². The van der Waals surface area contributed by atoms with E-state index in [4.69, 9.17) is 22.1 Å². The van der Waals surface area contributed by atoms with Gasteiger partial charge < -0.3 is 15.8 Å². The number of hydrogen-bond donors (Lipinski definition) is 2. The van der Waals surface area contributed by atoms with E-state index >= 15 is 0 Å². The van der Waals surface area contributed by atoms with Crippen LogP contribution in [0.25, 0.3) is 0 Å². The van der Waals surface area contributed by atoms with Gasteiger partial charge in [0.15, 0.2) is 5.96 Å². The quantitative estimate of drug-likeness (QED) is 0.407. The van der Waals surface area contributed by atoms with Crippen LogP contribution in [0, 0.1) is 13.8 Å². The van der Waals surface area contributed by atoms with Crippen molar-refractivity contribution in [2.45, 2.75) is 26.8 Å². The van der Waals surface area contributed by atoms with Crippen molar-refractivity contribution in [2.75, 3.05) is 11.9 Å². The fourth-order valence-electron chi connectivity index (χ4n) is 2.64. The first-order valence-corrected chi connectivity index (χ1v) is 7.99. The van der Waals surface area contributed by atoms with Crippen molar-refractivity contribution < 1.29 is 4.74 Å². The second-order valence-electron chi connectivity index (χ2n) is 5.78. The minimum atomic E-state index is 0. The molecule has 0 aromatic heterocycles. The van der Waals surface area contributed by atoms with Crippen LogP contribution in [0.1, 0.15) is 22.3 Å². The summed E-state index contributed by atoms with van der Waals surface area (Å²) < 4.78 is 5.67. The molecule has 0 aliphatic carbocycles. The Hall–Kier alpha value is -1.47. The van der Waals surface area contributed by atoms with Crippen molar-refractivity contribution in [3.8, 4) is 5.75 Å². The third-order valence-electron chi connectivity index (χ3n) is 4.02. The van der Waals surface area contributed by atoms with Crippen LogP contribution in [0.5, 0.6) is 5.75 Å². The number of halogens is 2. The van der Waals surface area contributed by atoms with Gasteiger partial charge in [-0.1, -0.05) is 17.7 Å². The number of anilines is 1. The van der Waals surface area contributed by atoms with Crippen LogP contribution in [-0.2, 0) is 13.0 Å². The number of aliphatic imine (C=N–C) groups is 1. The van der Waals surface area contributed by atoms with Crippen LogP contribution in [0.15, 0.2) is 35.3 Å². The van der Waals surface area contributed by atoms with E-state index in [9.17, 15) is 0 Å². The zero-order chi connectivity index (χ0) is 16.4. The van der Waals surface area contributed by atoms with E-state index in [0.717, 1.165) is 29.0 Å².